The van der Waals surface area contributed by atoms with Crippen molar-refractivity contribution in [3.8, 4) is 28.5 Å². The molecule has 0 bridgehead atoms. The lowest BCUT2D eigenvalue weighted by atomic mass is 9.95. The van der Waals surface area contributed by atoms with Crippen molar-refractivity contribution in [1.29, 1.82) is 0 Å². The van der Waals surface area contributed by atoms with Crippen molar-refractivity contribution in [3.05, 3.63) is 81.6 Å². The maximum Gasteiger partial charge on any atom is 0.268 e. The van der Waals surface area contributed by atoms with Crippen LogP contribution in [0, 0.1) is 6.92 Å². The molecule has 4 aromatic rings. The zero-order valence-electron chi connectivity index (χ0n) is 19.0. The number of aromatic nitrogens is 4. The summed E-state index contributed by atoms with van der Waals surface area (Å²) in [5.41, 5.74) is 3.32. The van der Waals surface area contributed by atoms with Crippen molar-refractivity contribution >= 4 is 34.8 Å². The number of halogens is 3. The van der Waals surface area contributed by atoms with E-state index in [0.717, 1.165) is 16.8 Å². The summed E-state index contributed by atoms with van der Waals surface area (Å²) in [5, 5.41) is 15.0. The summed E-state index contributed by atoms with van der Waals surface area (Å²) in [7, 11) is 0. The average molecular weight is 518 g/mol. The van der Waals surface area contributed by atoms with Crippen molar-refractivity contribution in [2.75, 3.05) is 13.2 Å². The Morgan fingerprint density at radius 1 is 1.06 bits per heavy atom. The smallest absolute Gasteiger partial charge is 0.268 e. The van der Waals surface area contributed by atoms with Gasteiger partial charge in [-0.15, -0.1) is 16.8 Å². The lowest BCUT2D eigenvalue weighted by Gasteiger charge is -2.19. The average Bonchev–Trinajstić information content (AvgIpc) is 3.40. The molecule has 9 heteroatoms. The minimum Gasteiger partial charge on any atom is -0.419 e. The van der Waals surface area contributed by atoms with Crippen LogP contribution in [0.1, 0.15) is 25.3 Å². The molecular weight excluding hydrogens is 495 g/mol. The van der Waals surface area contributed by atoms with Gasteiger partial charge >= 0.3 is 0 Å². The van der Waals surface area contributed by atoms with Crippen LogP contribution < -0.4 is 0 Å². The van der Waals surface area contributed by atoms with Gasteiger partial charge in [-0.25, -0.2) is 4.68 Å². The summed E-state index contributed by atoms with van der Waals surface area (Å²) in [6, 6.07) is 12.8. The van der Waals surface area contributed by atoms with Crippen LogP contribution in [-0.4, -0.2) is 33.2 Å². The minimum atomic E-state index is -0.483. The van der Waals surface area contributed by atoms with E-state index >= 15 is 0 Å². The molecule has 0 unspecified atom stereocenters. The number of benzene rings is 2. The van der Waals surface area contributed by atoms with Crippen LogP contribution >= 0.6 is 34.8 Å². The second kappa shape index (κ2) is 9.92. The number of ether oxygens (including phenoxy) is 1. The highest BCUT2D eigenvalue weighted by molar-refractivity contribution is 6.35. The third-order valence-electron chi connectivity index (χ3n) is 5.28. The molecule has 6 nitrogen and oxygen atoms in total. The van der Waals surface area contributed by atoms with E-state index in [1.807, 2.05) is 51.1 Å². The number of rotatable bonds is 8. The molecule has 176 valence electrons. The van der Waals surface area contributed by atoms with E-state index in [2.05, 4.69) is 16.8 Å². The lowest BCUT2D eigenvalue weighted by molar-refractivity contribution is 0.105. The number of hydrogen-bond donors (Lipinski definition) is 0. The van der Waals surface area contributed by atoms with Gasteiger partial charge in [-0.3, -0.25) is 0 Å². The fraction of sp³-hybridized carbons (Fsp3) is 0.240. The van der Waals surface area contributed by atoms with Gasteiger partial charge in [0.2, 0.25) is 5.89 Å². The highest BCUT2D eigenvalue weighted by Gasteiger charge is 2.30. The maximum atomic E-state index is 6.54. The number of nitrogens with zero attached hydrogens (tertiary/aromatic N) is 4. The first-order chi connectivity index (χ1) is 16.2. The lowest BCUT2D eigenvalue weighted by Crippen LogP contribution is -2.25. The molecule has 2 aromatic heterocycles. The van der Waals surface area contributed by atoms with Gasteiger partial charge < -0.3 is 9.15 Å². The molecule has 34 heavy (non-hydrogen) atoms. The monoisotopic (exact) mass is 516 g/mol. The summed E-state index contributed by atoms with van der Waals surface area (Å²) in [4.78, 5) is 0. The first kappa shape index (κ1) is 24.5. The van der Waals surface area contributed by atoms with Gasteiger partial charge in [-0.05, 0) is 51.1 Å². The Morgan fingerprint density at radius 3 is 2.44 bits per heavy atom. The molecule has 0 aliphatic rings. The molecule has 0 saturated heterocycles. The number of hydrogen-bond acceptors (Lipinski definition) is 5. The Bertz CT molecular complexity index is 1330. The van der Waals surface area contributed by atoms with Crippen molar-refractivity contribution in [1.82, 2.24) is 20.0 Å². The molecule has 0 aliphatic heterocycles. The van der Waals surface area contributed by atoms with Crippen molar-refractivity contribution in [3.63, 3.8) is 0 Å². The van der Waals surface area contributed by atoms with E-state index in [9.17, 15) is 0 Å². The van der Waals surface area contributed by atoms with Crippen LogP contribution in [0.5, 0.6) is 0 Å². The van der Waals surface area contributed by atoms with Gasteiger partial charge in [0.05, 0.1) is 35.0 Å². The second-order valence-corrected chi connectivity index (χ2v) is 9.72. The van der Waals surface area contributed by atoms with E-state index < -0.39 is 5.41 Å². The predicted octanol–water partition coefficient (Wildman–Crippen LogP) is 7.34. The van der Waals surface area contributed by atoms with Gasteiger partial charge in [0.25, 0.3) is 5.89 Å². The molecule has 2 heterocycles. The SMILES string of the molecule is C=CCOCC(C)(C)c1nnc(-c2nn(-c3ccc(Cl)cc3Cl)c(-c3ccc(Cl)cc3)c2C)o1. The molecule has 0 amide bonds. The molecule has 0 spiro atoms. The Hall–Kier alpha value is -2.64. The standard InChI is InChI=1S/C25H23Cl3N4O2/c1-5-12-33-14-25(3,4)24-30-29-23(34-24)21-15(2)22(16-6-8-17(26)9-7-16)32(31-21)20-11-10-18(27)13-19(20)28/h5-11,13H,1,12,14H2,2-4H3. The highest BCUT2D eigenvalue weighted by atomic mass is 35.5. The summed E-state index contributed by atoms with van der Waals surface area (Å²) in [5.74, 6) is 0.765. The molecule has 0 fully saturated rings. The quantitative estimate of drug-likeness (QED) is 0.181. The summed E-state index contributed by atoms with van der Waals surface area (Å²) >= 11 is 18.8. The van der Waals surface area contributed by atoms with Crippen LogP contribution in [0.25, 0.3) is 28.5 Å². The minimum absolute atomic E-state index is 0.309. The van der Waals surface area contributed by atoms with Crippen molar-refractivity contribution in [2.45, 2.75) is 26.2 Å². The van der Waals surface area contributed by atoms with Crippen LogP contribution in [-0.2, 0) is 10.2 Å². The molecule has 0 aliphatic carbocycles. The topological polar surface area (TPSA) is 66.0 Å². The normalized spacial score (nSPS) is 11.7. The first-order valence-electron chi connectivity index (χ1n) is 10.6. The highest BCUT2D eigenvalue weighted by Crippen LogP contribution is 2.37. The summed E-state index contributed by atoms with van der Waals surface area (Å²) in [6.45, 7) is 10.4. The van der Waals surface area contributed by atoms with Crippen LogP contribution in [0.4, 0.5) is 0 Å². The van der Waals surface area contributed by atoms with Gasteiger partial charge in [-0.1, -0.05) is 53.0 Å². The Kier molecular flexibility index (Phi) is 7.14. The first-order valence-corrected chi connectivity index (χ1v) is 11.7. The van der Waals surface area contributed by atoms with Crippen LogP contribution in [0.3, 0.4) is 0 Å². The van der Waals surface area contributed by atoms with Crippen molar-refractivity contribution < 1.29 is 9.15 Å². The predicted molar refractivity (Wildman–Crippen MR) is 136 cm³/mol. The zero-order valence-corrected chi connectivity index (χ0v) is 21.2. The van der Waals surface area contributed by atoms with Gasteiger partial charge in [0.15, 0.2) is 5.69 Å². The molecule has 0 radical (unpaired) electrons. The third kappa shape index (κ3) is 4.91. The van der Waals surface area contributed by atoms with Crippen LogP contribution in [0.15, 0.2) is 59.5 Å². The van der Waals surface area contributed by atoms with Gasteiger partial charge in [0, 0.05) is 21.2 Å². The van der Waals surface area contributed by atoms with E-state index in [-0.39, 0.29) is 0 Å². The fourth-order valence-electron chi connectivity index (χ4n) is 3.52. The summed E-state index contributed by atoms with van der Waals surface area (Å²) in [6.07, 6.45) is 1.70. The van der Waals surface area contributed by atoms with Crippen LogP contribution in [0.2, 0.25) is 15.1 Å². The Labute approximate surface area is 213 Å². The molecule has 0 N–H and O–H groups in total. The Morgan fingerprint density at radius 2 is 1.76 bits per heavy atom. The van der Waals surface area contributed by atoms with Crippen molar-refractivity contribution in [2.24, 2.45) is 0 Å². The summed E-state index contributed by atoms with van der Waals surface area (Å²) < 4.78 is 13.4. The van der Waals surface area contributed by atoms with E-state index in [1.165, 1.54) is 0 Å². The maximum absolute atomic E-state index is 6.54. The molecular formula is C25H23Cl3N4O2. The van der Waals surface area contributed by atoms with Gasteiger partial charge in [0.1, 0.15) is 0 Å². The molecule has 0 atom stereocenters. The molecule has 0 saturated carbocycles. The zero-order chi connectivity index (χ0) is 24.5. The Balaban J connectivity index is 1.83. The largest absolute Gasteiger partial charge is 0.419 e. The fourth-order valence-corrected chi connectivity index (χ4v) is 4.14. The molecule has 4 rings (SSSR count). The van der Waals surface area contributed by atoms with E-state index in [0.29, 0.717) is 51.4 Å². The second-order valence-electron chi connectivity index (χ2n) is 8.44. The van der Waals surface area contributed by atoms with Gasteiger partial charge in [-0.2, -0.15) is 5.10 Å². The van der Waals surface area contributed by atoms with E-state index in [4.69, 9.17) is 49.1 Å². The van der Waals surface area contributed by atoms with E-state index in [1.54, 1.807) is 22.9 Å². The molecule has 2 aromatic carbocycles. The third-order valence-corrected chi connectivity index (χ3v) is 6.07.